The summed E-state index contributed by atoms with van der Waals surface area (Å²) < 4.78 is 0. The highest BCUT2D eigenvalue weighted by atomic mass is 32.2. The van der Waals surface area contributed by atoms with Crippen LogP contribution in [0, 0.1) is 0 Å². The van der Waals surface area contributed by atoms with E-state index in [1.807, 2.05) is 18.2 Å². The van der Waals surface area contributed by atoms with E-state index in [-0.39, 0.29) is 17.4 Å². The van der Waals surface area contributed by atoms with Crippen molar-refractivity contribution in [2.24, 2.45) is 0 Å². The lowest BCUT2D eigenvalue weighted by molar-refractivity contribution is -0.133. The Hall–Kier alpha value is -1.49. The standard InChI is InChI=1S/C14H19NO3S/c1-2-11(12-6-4-3-5-7-12)8-15-13(16)9-19-10-14(17)18/h3-7,11H,2,8-10H2,1H3,(H,15,16)(H,17,18). The second-order valence-electron chi connectivity index (χ2n) is 4.21. The van der Waals surface area contributed by atoms with Crippen LogP contribution in [0.1, 0.15) is 24.8 Å². The van der Waals surface area contributed by atoms with Crippen LogP contribution in [0.3, 0.4) is 0 Å². The highest BCUT2D eigenvalue weighted by Crippen LogP contribution is 2.17. The van der Waals surface area contributed by atoms with Crippen LogP contribution < -0.4 is 5.32 Å². The second-order valence-corrected chi connectivity index (χ2v) is 5.19. The molecule has 1 amide bonds. The third-order valence-corrected chi connectivity index (χ3v) is 3.69. The summed E-state index contributed by atoms with van der Waals surface area (Å²) >= 11 is 1.11. The van der Waals surface area contributed by atoms with E-state index in [1.165, 1.54) is 5.56 Å². The van der Waals surface area contributed by atoms with Crippen molar-refractivity contribution >= 4 is 23.6 Å². The van der Waals surface area contributed by atoms with Gasteiger partial charge in [0.05, 0.1) is 11.5 Å². The summed E-state index contributed by atoms with van der Waals surface area (Å²) in [6.45, 7) is 2.68. The van der Waals surface area contributed by atoms with Crippen molar-refractivity contribution in [3.8, 4) is 0 Å². The van der Waals surface area contributed by atoms with Gasteiger partial charge in [-0.1, -0.05) is 37.3 Å². The summed E-state index contributed by atoms with van der Waals surface area (Å²) in [5.74, 6) is -0.551. The summed E-state index contributed by atoms with van der Waals surface area (Å²) in [5, 5.41) is 11.3. The zero-order valence-electron chi connectivity index (χ0n) is 11.0. The van der Waals surface area contributed by atoms with Crippen LogP contribution in [0.4, 0.5) is 0 Å². The Morgan fingerprint density at radius 2 is 1.95 bits per heavy atom. The SMILES string of the molecule is CCC(CNC(=O)CSCC(=O)O)c1ccccc1. The van der Waals surface area contributed by atoms with Gasteiger partial charge in [0.1, 0.15) is 0 Å². The first kappa shape index (κ1) is 15.6. The third kappa shape index (κ3) is 6.29. The van der Waals surface area contributed by atoms with Crippen molar-refractivity contribution in [2.75, 3.05) is 18.1 Å². The maximum Gasteiger partial charge on any atom is 0.313 e. The lowest BCUT2D eigenvalue weighted by Crippen LogP contribution is -2.30. The second kappa shape index (κ2) is 8.58. The Bertz CT molecular complexity index is 408. The molecule has 0 aromatic heterocycles. The van der Waals surface area contributed by atoms with Crippen molar-refractivity contribution in [3.05, 3.63) is 35.9 Å². The first-order valence-electron chi connectivity index (χ1n) is 6.24. The molecule has 2 N–H and O–H groups in total. The number of aliphatic carboxylic acids is 1. The minimum Gasteiger partial charge on any atom is -0.481 e. The minimum absolute atomic E-state index is 0.0384. The molecule has 19 heavy (non-hydrogen) atoms. The molecule has 1 aromatic rings. The topological polar surface area (TPSA) is 66.4 Å². The van der Waals surface area contributed by atoms with Crippen molar-refractivity contribution in [3.63, 3.8) is 0 Å². The molecule has 0 spiro atoms. The van der Waals surface area contributed by atoms with E-state index in [4.69, 9.17) is 5.11 Å². The van der Waals surface area contributed by atoms with Gasteiger partial charge in [-0.25, -0.2) is 0 Å². The minimum atomic E-state index is -0.895. The summed E-state index contributed by atoms with van der Waals surface area (Å²) in [6, 6.07) is 10.1. The van der Waals surface area contributed by atoms with Crippen LogP contribution in [0.2, 0.25) is 0 Å². The van der Waals surface area contributed by atoms with Crippen molar-refractivity contribution < 1.29 is 14.7 Å². The number of nitrogens with one attached hydrogen (secondary N) is 1. The Kier molecular flexibility index (Phi) is 7.03. The average Bonchev–Trinajstić information content (AvgIpc) is 2.40. The van der Waals surface area contributed by atoms with Crippen LogP contribution >= 0.6 is 11.8 Å². The van der Waals surface area contributed by atoms with Crippen LogP contribution in [-0.2, 0) is 9.59 Å². The molecule has 0 bridgehead atoms. The van der Waals surface area contributed by atoms with Crippen LogP contribution in [-0.4, -0.2) is 35.0 Å². The van der Waals surface area contributed by atoms with Gasteiger partial charge < -0.3 is 10.4 Å². The van der Waals surface area contributed by atoms with Gasteiger partial charge in [0.15, 0.2) is 0 Å². The van der Waals surface area contributed by atoms with E-state index in [2.05, 4.69) is 24.4 Å². The van der Waals surface area contributed by atoms with E-state index in [0.29, 0.717) is 12.5 Å². The van der Waals surface area contributed by atoms with Gasteiger partial charge in [-0.2, -0.15) is 0 Å². The molecule has 0 saturated heterocycles. The van der Waals surface area contributed by atoms with Crippen molar-refractivity contribution in [2.45, 2.75) is 19.3 Å². The highest BCUT2D eigenvalue weighted by Gasteiger charge is 2.11. The van der Waals surface area contributed by atoms with Gasteiger partial charge in [0.2, 0.25) is 5.91 Å². The molecule has 1 rings (SSSR count). The van der Waals surface area contributed by atoms with Crippen molar-refractivity contribution in [1.29, 1.82) is 0 Å². The molecule has 0 aliphatic rings. The summed E-state index contributed by atoms with van der Waals surface area (Å²) in [7, 11) is 0. The molecule has 0 fully saturated rings. The number of thioether (sulfide) groups is 1. The first-order valence-corrected chi connectivity index (χ1v) is 7.40. The Morgan fingerprint density at radius 1 is 1.26 bits per heavy atom. The lowest BCUT2D eigenvalue weighted by Gasteiger charge is -2.16. The maximum absolute atomic E-state index is 11.6. The average molecular weight is 281 g/mol. The normalized spacial score (nSPS) is 11.8. The first-order chi connectivity index (χ1) is 9.13. The Morgan fingerprint density at radius 3 is 2.53 bits per heavy atom. The number of amides is 1. The molecule has 4 nitrogen and oxygen atoms in total. The Labute approximate surface area is 117 Å². The fraction of sp³-hybridized carbons (Fsp3) is 0.429. The third-order valence-electron chi connectivity index (χ3n) is 2.77. The van der Waals surface area contributed by atoms with E-state index in [0.717, 1.165) is 18.2 Å². The lowest BCUT2D eigenvalue weighted by atomic mass is 9.96. The number of benzene rings is 1. The molecule has 5 heteroatoms. The Balaban J connectivity index is 2.33. The summed E-state index contributed by atoms with van der Waals surface area (Å²) in [5.41, 5.74) is 1.21. The van der Waals surface area contributed by atoms with E-state index < -0.39 is 5.97 Å². The van der Waals surface area contributed by atoms with E-state index in [1.54, 1.807) is 0 Å². The number of carboxylic acids is 1. The van der Waals surface area contributed by atoms with Gasteiger partial charge in [-0.05, 0) is 12.0 Å². The molecule has 104 valence electrons. The smallest absolute Gasteiger partial charge is 0.313 e. The number of carbonyl (C=O) groups is 2. The van der Waals surface area contributed by atoms with Crippen molar-refractivity contribution in [1.82, 2.24) is 5.32 Å². The van der Waals surface area contributed by atoms with Gasteiger partial charge in [-0.15, -0.1) is 11.8 Å². The highest BCUT2D eigenvalue weighted by molar-refractivity contribution is 8.00. The van der Waals surface area contributed by atoms with Crippen LogP contribution in [0.5, 0.6) is 0 Å². The molecule has 1 aromatic carbocycles. The van der Waals surface area contributed by atoms with E-state index >= 15 is 0 Å². The molecule has 1 atom stereocenters. The number of carboxylic acid groups (broad SMARTS) is 1. The summed E-state index contributed by atoms with van der Waals surface area (Å²) in [4.78, 5) is 21.9. The molecule has 0 heterocycles. The van der Waals surface area contributed by atoms with Crippen LogP contribution in [0.15, 0.2) is 30.3 Å². The number of rotatable bonds is 8. The fourth-order valence-corrected chi connectivity index (χ4v) is 2.31. The summed E-state index contributed by atoms with van der Waals surface area (Å²) in [6.07, 6.45) is 0.951. The zero-order chi connectivity index (χ0) is 14.1. The zero-order valence-corrected chi connectivity index (χ0v) is 11.8. The van der Waals surface area contributed by atoms with Gasteiger partial charge >= 0.3 is 5.97 Å². The molecule has 0 aliphatic heterocycles. The molecular weight excluding hydrogens is 262 g/mol. The molecule has 0 saturated carbocycles. The quantitative estimate of drug-likeness (QED) is 0.766. The number of hydrogen-bond acceptors (Lipinski definition) is 3. The largest absolute Gasteiger partial charge is 0.481 e. The predicted molar refractivity (Wildman–Crippen MR) is 77.4 cm³/mol. The number of hydrogen-bond donors (Lipinski definition) is 2. The molecule has 0 aliphatic carbocycles. The maximum atomic E-state index is 11.6. The molecule has 0 radical (unpaired) electrons. The van der Waals surface area contributed by atoms with Gasteiger partial charge in [0, 0.05) is 12.5 Å². The van der Waals surface area contributed by atoms with Gasteiger partial charge in [-0.3, -0.25) is 9.59 Å². The number of carbonyl (C=O) groups excluding carboxylic acids is 1. The fourth-order valence-electron chi connectivity index (χ4n) is 1.74. The van der Waals surface area contributed by atoms with Gasteiger partial charge in [0.25, 0.3) is 0 Å². The monoisotopic (exact) mass is 281 g/mol. The molecular formula is C14H19NO3S. The van der Waals surface area contributed by atoms with Crippen LogP contribution in [0.25, 0.3) is 0 Å². The molecule has 1 unspecified atom stereocenters. The predicted octanol–water partition coefficient (Wildman–Crippen LogP) is 2.11. The van der Waals surface area contributed by atoms with E-state index in [9.17, 15) is 9.59 Å².